The van der Waals surface area contributed by atoms with Gasteiger partial charge >= 0.3 is 0 Å². The Bertz CT molecular complexity index is 376. The fourth-order valence-corrected chi connectivity index (χ4v) is 1.39. The molecule has 1 N–H and O–H groups in total. The lowest BCUT2D eigenvalue weighted by Crippen LogP contribution is -2.44. The van der Waals surface area contributed by atoms with Crippen molar-refractivity contribution in [2.45, 2.75) is 13.8 Å². The molecule has 0 fully saturated rings. The number of amides is 2. The first-order chi connectivity index (χ1) is 7.56. The van der Waals surface area contributed by atoms with Gasteiger partial charge in [0.05, 0.1) is 5.69 Å². The minimum atomic E-state index is -0.178. The van der Waals surface area contributed by atoms with Gasteiger partial charge in [0.2, 0.25) is 12.3 Å². The van der Waals surface area contributed by atoms with E-state index in [1.165, 1.54) is 5.01 Å². The first kappa shape index (κ1) is 12.8. The summed E-state index contributed by atoms with van der Waals surface area (Å²) in [5.41, 5.74) is 3.05. The third-order valence-electron chi connectivity index (χ3n) is 2.05. The van der Waals surface area contributed by atoms with Gasteiger partial charge in [-0.05, 0) is 12.1 Å². The summed E-state index contributed by atoms with van der Waals surface area (Å²) in [6, 6.07) is 7.26. The van der Waals surface area contributed by atoms with Crippen molar-refractivity contribution in [2.75, 3.05) is 5.01 Å². The number of carbonyl (C=O) groups is 2. The second-order valence-electron chi connectivity index (χ2n) is 3.67. The molecule has 5 heteroatoms. The SMILES string of the molecule is CC(C)C(=O)N(NC=O)c1cc[c]([Al])cc1. The number of anilines is 1. The Kier molecular flexibility index (Phi) is 4.54. The van der Waals surface area contributed by atoms with Gasteiger partial charge in [-0.15, -0.1) is 4.43 Å². The van der Waals surface area contributed by atoms with E-state index < -0.39 is 0 Å². The quantitative estimate of drug-likeness (QED) is 0.456. The minimum Gasteiger partial charge on any atom is -0.277 e. The van der Waals surface area contributed by atoms with Crippen molar-refractivity contribution in [3.63, 3.8) is 0 Å². The molecular weight excluding hydrogens is 219 g/mol. The van der Waals surface area contributed by atoms with Gasteiger partial charge in [-0.3, -0.25) is 15.0 Å². The summed E-state index contributed by atoms with van der Waals surface area (Å²) in [6.07, 6.45) is 0.495. The molecule has 0 heterocycles. The molecular formula is C11H13AlN2O2. The number of nitrogens with zero attached hydrogens (tertiary/aromatic N) is 1. The molecule has 0 spiro atoms. The Morgan fingerprint density at radius 3 is 2.38 bits per heavy atom. The summed E-state index contributed by atoms with van der Waals surface area (Å²) < 4.78 is 1.02. The molecule has 1 rings (SSSR count). The van der Waals surface area contributed by atoms with E-state index in [-0.39, 0.29) is 11.8 Å². The second-order valence-corrected chi connectivity index (χ2v) is 4.33. The zero-order chi connectivity index (χ0) is 12.1. The maximum atomic E-state index is 11.8. The molecule has 2 amide bonds. The average Bonchev–Trinajstić information content (AvgIpc) is 2.26. The Morgan fingerprint density at radius 2 is 1.94 bits per heavy atom. The molecule has 82 valence electrons. The van der Waals surface area contributed by atoms with Crippen LogP contribution in [0.25, 0.3) is 0 Å². The molecule has 16 heavy (non-hydrogen) atoms. The van der Waals surface area contributed by atoms with E-state index in [2.05, 4.69) is 21.7 Å². The zero-order valence-corrected chi connectivity index (χ0v) is 10.5. The highest BCUT2D eigenvalue weighted by Crippen LogP contribution is 2.12. The number of hydrazine groups is 1. The monoisotopic (exact) mass is 232 g/mol. The smallest absolute Gasteiger partial charge is 0.248 e. The molecule has 0 bridgehead atoms. The topological polar surface area (TPSA) is 49.4 Å². The molecule has 0 aromatic heterocycles. The molecule has 0 unspecified atom stereocenters. The highest BCUT2D eigenvalue weighted by atomic mass is 27.0. The Balaban J connectivity index is 2.97. The first-order valence-corrected chi connectivity index (χ1v) is 5.53. The van der Waals surface area contributed by atoms with E-state index in [4.69, 9.17) is 0 Å². The van der Waals surface area contributed by atoms with E-state index in [0.29, 0.717) is 12.1 Å². The standard InChI is InChI=1S/C11H13N2O2.Al/c1-9(2)11(15)13(12-8-14)10-6-4-3-5-7-10;/h4-9H,1-2H3,(H,12,14);. The maximum Gasteiger partial charge on any atom is 0.248 e. The number of rotatable bonds is 4. The normalized spacial score (nSPS) is 9.94. The van der Waals surface area contributed by atoms with E-state index in [1.807, 2.05) is 12.1 Å². The molecule has 4 nitrogen and oxygen atoms in total. The van der Waals surface area contributed by atoms with Crippen LogP contribution in [-0.4, -0.2) is 28.6 Å². The summed E-state index contributed by atoms with van der Waals surface area (Å²) in [4.78, 5) is 22.3. The molecule has 0 aliphatic rings. The maximum absolute atomic E-state index is 11.8. The summed E-state index contributed by atoms with van der Waals surface area (Å²) in [7, 11) is 0. The van der Waals surface area contributed by atoms with Crippen LogP contribution in [0.1, 0.15) is 13.8 Å². The van der Waals surface area contributed by atoms with Crippen molar-refractivity contribution < 1.29 is 9.59 Å². The van der Waals surface area contributed by atoms with Gasteiger partial charge in [-0.25, -0.2) is 5.01 Å². The van der Waals surface area contributed by atoms with Crippen LogP contribution in [0, 0.1) is 5.92 Å². The summed E-state index contributed by atoms with van der Waals surface area (Å²) in [6.45, 7) is 3.57. The highest BCUT2D eigenvalue weighted by molar-refractivity contribution is 6.32. The van der Waals surface area contributed by atoms with Crippen LogP contribution in [-0.2, 0) is 9.59 Å². The van der Waals surface area contributed by atoms with Crippen molar-refractivity contribution in [1.82, 2.24) is 5.43 Å². The van der Waals surface area contributed by atoms with E-state index >= 15 is 0 Å². The van der Waals surface area contributed by atoms with Crippen LogP contribution in [0.2, 0.25) is 0 Å². The number of hydrogen-bond acceptors (Lipinski definition) is 2. The van der Waals surface area contributed by atoms with Gasteiger partial charge in [0.25, 0.3) is 0 Å². The third kappa shape index (κ3) is 3.09. The predicted octanol–water partition coefficient (Wildman–Crippen LogP) is 0.130. The van der Waals surface area contributed by atoms with Crippen molar-refractivity contribution in [1.29, 1.82) is 0 Å². The van der Waals surface area contributed by atoms with Gasteiger partial charge < -0.3 is 0 Å². The lowest BCUT2D eigenvalue weighted by atomic mass is 10.2. The van der Waals surface area contributed by atoms with Crippen LogP contribution >= 0.6 is 0 Å². The van der Waals surface area contributed by atoms with Gasteiger partial charge in [0.15, 0.2) is 16.3 Å². The number of benzene rings is 1. The Labute approximate surface area is 103 Å². The van der Waals surface area contributed by atoms with Crippen LogP contribution in [0.3, 0.4) is 0 Å². The summed E-state index contributed by atoms with van der Waals surface area (Å²) >= 11 is 2.56. The third-order valence-corrected chi connectivity index (χ3v) is 2.43. The Morgan fingerprint density at radius 1 is 1.38 bits per heavy atom. The molecule has 0 aliphatic carbocycles. The molecule has 0 atom stereocenters. The van der Waals surface area contributed by atoms with Crippen molar-refractivity contribution in [2.24, 2.45) is 5.92 Å². The van der Waals surface area contributed by atoms with Crippen LogP contribution < -0.4 is 14.9 Å². The Hall–Kier alpha value is -1.31. The molecule has 0 saturated heterocycles. The van der Waals surface area contributed by atoms with E-state index in [1.54, 1.807) is 26.0 Å². The van der Waals surface area contributed by atoms with Crippen molar-refractivity contribution in [3.05, 3.63) is 24.3 Å². The van der Waals surface area contributed by atoms with Crippen LogP contribution in [0.15, 0.2) is 24.3 Å². The molecule has 0 aliphatic heterocycles. The zero-order valence-electron chi connectivity index (χ0n) is 9.31. The average molecular weight is 232 g/mol. The summed E-state index contributed by atoms with van der Waals surface area (Å²) in [5, 5.41) is 1.25. The van der Waals surface area contributed by atoms with Gasteiger partial charge in [0, 0.05) is 5.92 Å². The molecule has 2 radical (unpaired) electrons. The fourth-order valence-electron chi connectivity index (χ4n) is 1.20. The van der Waals surface area contributed by atoms with Crippen LogP contribution in [0.5, 0.6) is 0 Å². The molecule has 0 saturated carbocycles. The van der Waals surface area contributed by atoms with E-state index in [0.717, 1.165) is 4.43 Å². The predicted molar refractivity (Wildman–Crippen MR) is 63.4 cm³/mol. The second kappa shape index (κ2) is 5.69. The van der Waals surface area contributed by atoms with Gasteiger partial charge in [0.1, 0.15) is 0 Å². The minimum absolute atomic E-state index is 0.149. The lowest BCUT2D eigenvalue weighted by Gasteiger charge is -2.23. The first-order valence-electron chi connectivity index (χ1n) is 4.95. The largest absolute Gasteiger partial charge is 0.277 e. The fraction of sp³-hybridized carbons (Fsp3) is 0.273. The van der Waals surface area contributed by atoms with E-state index in [9.17, 15) is 9.59 Å². The lowest BCUT2D eigenvalue weighted by molar-refractivity contribution is -0.124. The number of carbonyl (C=O) groups excluding carboxylic acids is 2. The number of nitrogens with one attached hydrogen (secondary N) is 1. The number of hydrogen-bond donors (Lipinski definition) is 1. The van der Waals surface area contributed by atoms with Crippen LogP contribution in [0.4, 0.5) is 5.69 Å². The van der Waals surface area contributed by atoms with Gasteiger partial charge in [-0.2, -0.15) is 0 Å². The van der Waals surface area contributed by atoms with Crippen molar-refractivity contribution in [3.8, 4) is 0 Å². The highest BCUT2D eigenvalue weighted by Gasteiger charge is 2.18. The molecule has 1 aromatic rings. The molecule has 1 aromatic carbocycles. The van der Waals surface area contributed by atoms with Crippen molar-refractivity contribution >= 4 is 38.7 Å². The summed E-state index contributed by atoms with van der Waals surface area (Å²) in [5.74, 6) is -0.327. The van der Waals surface area contributed by atoms with Gasteiger partial charge in [-0.1, -0.05) is 26.0 Å².